The molecule has 23 heavy (non-hydrogen) atoms. The van der Waals surface area contributed by atoms with Crippen LogP contribution in [0, 0.1) is 0 Å². The highest BCUT2D eigenvalue weighted by Crippen LogP contribution is 2.15. The molecular weight excluding hydrogens is 294 g/mol. The van der Waals surface area contributed by atoms with Gasteiger partial charge in [-0.1, -0.05) is 25.1 Å². The number of anilines is 1. The third-order valence-corrected chi connectivity index (χ3v) is 4.01. The molecule has 1 aromatic carbocycles. The summed E-state index contributed by atoms with van der Waals surface area (Å²) < 4.78 is 5.48. The van der Waals surface area contributed by atoms with Crippen molar-refractivity contribution in [2.45, 2.75) is 32.4 Å². The normalized spacial score (nSPS) is 20.8. The van der Waals surface area contributed by atoms with Gasteiger partial charge in [0.15, 0.2) is 0 Å². The van der Waals surface area contributed by atoms with E-state index in [1.807, 2.05) is 38.1 Å². The first-order chi connectivity index (χ1) is 11.0. The van der Waals surface area contributed by atoms with Crippen molar-refractivity contribution in [2.24, 2.45) is 0 Å². The number of likely N-dealkylation sites (N-methyl/N-ethyl adjacent to an activating group) is 1. The predicted octanol–water partition coefficient (Wildman–Crippen LogP) is 1.02. The third-order valence-electron chi connectivity index (χ3n) is 4.01. The molecule has 0 aliphatic carbocycles. The Bertz CT molecular complexity index is 562. The van der Waals surface area contributed by atoms with Crippen molar-refractivity contribution in [3.63, 3.8) is 0 Å². The Morgan fingerprint density at radius 3 is 2.83 bits per heavy atom. The molecule has 126 valence electrons. The Hall–Kier alpha value is -1.92. The molecule has 2 atom stereocenters. The van der Waals surface area contributed by atoms with Crippen molar-refractivity contribution >= 4 is 17.5 Å². The zero-order valence-electron chi connectivity index (χ0n) is 14.0. The molecule has 1 aliphatic rings. The minimum absolute atomic E-state index is 0.0157. The van der Waals surface area contributed by atoms with Crippen molar-refractivity contribution in [1.29, 1.82) is 0 Å². The first kappa shape index (κ1) is 17.4. The van der Waals surface area contributed by atoms with E-state index in [4.69, 9.17) is 4.74 Å². The predicted molar refractivity (Wildman–Crippen MR) is 89.3 cm³/mol. The lowest BCUT2D eigenvalue weighted by Gasteiger charge is -2.32. The first-order valence-electron chi connectivity index (χ1n) is 8.00. The van der Waals surface area contributed by atoms with E-state index in [-0.39, 0.29) is 24.5 Å². The Morgan fingerprint density at radius 2 is 2.13 bits per heavy atom. The summed E-state index contributed by atoms with van der Waals surface area (Å²) in [5, 5.41) is 6.02. The molecule has 1 aliphatic heterocycles. The largest absolute Gasteiger partial charge is 0.375 e. The third kappa shape index (κ3) is 4.53. The number of aryl methyl sites for hydroxylation is 1. The quantitative estimate of drug-likeness (QED) is 0.850. The highest BCUT2D eigenvalue weighted by atomic mass is 16.5. The number of carbonyl (C=O) groups excluding carboxylic acids is 2. The summed E-state index contributed by atoms with van der Waals surface area (Å²) >= 11 is 0. The van der Waals surface area contributed by atoms with E-state index in [0.29, 0.717) is 13.2 Å². The van der Waals surface area contributed by atoms with Crippen molar-refractivity contribution < 1.29 is 14.3 Å². The minimum atomic E-state index is -0.399. The Balaban J connectivity index is 1.92. The summed E-state index contributed by atoms with van der Waals surface area (Å²) in [6, 6.07) is 7.28. The Kier molecular flexibility index (Phi) is 6.12. The lowest BCUT2D eigenvalue weighted by atomic mass is 10.1. The number of para-hydroxylation sites is 1. The van der Waals surface area contributed by atoms with Crippen LogP contribution in [0.15, 0.2) is 24.3 Å². The van der Waals surface area contributed by atoms with Crippen LogP contribution in [0.2, 0.25) is 0 Å². The van der Waals surface area contributed by atoms with E-state index < -0.39 is 6.04 Å². The van der Waals surface area contributed by atoms with E-state index >= 15 is 0 Å². The molecule has 0 saturated carbocycles. The van der Waals surface area contributed by atoms with Crippen LogP contribution in [0.3, 0.4) is 0 Å². The molecule has 6 heteroatoms. The number of ether oxygens (including phenoxy) is 1. The minimum Gasteiger partial charge on any atom is -0.375 e. The SMILES string of the molecule is CCc1ccccc1NC(=O)CN(C)C(=O)[C@H]1NCCO[C@@H]1C. The standard InChI is InChI=1S/C17H25N3O3/c1-4-13-7-5-6-8-14(13)19-15(21)11-20(3)17(22)16-12(2)23-10-9-18-16/h5-8,12,16,18H,4,9-11H2,1-3H3,(H,19,21)/t12-,16+/m1/s1. The van der Waals surface area contributed by atoms with Gasteiger partial charge in [-0.25, -0.2) is 0 Å². The monoisotopic (exact) mass is 319 g/mol. The maximum Gasteiger partial charge on any atom is 0.243 e. The molecule has 1 saturated heterocycles. The number of amides is 2. The molecule has 2 N–H and O–H groups in total. The molecule has 1 aromatic rings. The molecule has 0 unspecified atom stereocenters. The summed E-state index contributed by atoms with van der Waals surface area (Å²) in [7, 11) is 1.64. The number of morpholine rings is 1. The van der Waals surface area contributed by atoms with Crippen LogP contribution in [0.4, 0.5) is 5.69 Å². The van der Waals surface area contributed by atoms with Gasteiger partial charge in [0.25, 0.3) is 0 Å². The van der Waals surface area contributed by atoms with E-state index in [2.05, 4.69) is 10.6 Å². The fourth-order valence-corrected chi connectivity index (χ4v) is 2.68. The first-order valence-corrected chi connectivity index (χ1v) is 8.00. The molecule has 0 spiro atoms. The summed E-state index contributed by atoms with van der Waals surface area (Å²) in [4.78, 5) is 26.1. The molecule has 0 radical (unpaired) electrons. The number of rotatable bonds is 5. The summed E-state index contributed by atoms with van der Waals surface area (Å²) in [6.07, 6.45) is 0.647. The Labute approximate surface area is 137 Å². The van der Waals surface area contributed by atoms with Crippen LogP contribution in [0.1, 0.15) is 19.4 Å². The molecule has 2 rings (SSSR count). The molecule has 0 aromatic heterocycles. The fraction of sp³-hybridized carbons (Fsp3) is 0.529. The topological polar surface area (TPSA) is 70.7 Å². The van der Waals surface area contributed by atoms with Gasteiger partial charge >= 0.3 is 0 Å². The van der Waals surface area contributed by atoms with E-state index in [9.17, 15) is 9.59 Å². The van der Waals surface area contributed by atoms with Gasteiger partial charge in [-0.2, -0.15) is 0 Å². The van der Waals surface area contributed by atoms with Gasteiger partial charge in [0.2, 0.25) is 11.8 Å². The average Bonchev–Trinajstić information content (AvgIpc) is 2.55. The summed E-state index contributed by atoms with van der Waals surface area (Å²) in [5.74, 6) is -0.331. The number of hydrogen-bond acceptors (Lipinski definition) is 4. The summed E-state index contributed by atoms with van der Waals surface area (Å²) in [6.45, 7) is 5.16. The molecule has 6 nitrogen and oxygen atoms in total. The van der Waals surface area contributed by atoms with Gasteiger partial charge in [0, 0.05) is 19.3 Å². The van der Waals surface area contributed by atoms with Gasteiger partial charge < -0.3 is 20.3 Å². The van der Waals surface area contributed by atoms with Crippen molar-refractivity contribution in [3.8, 4) is 0 Å². The molecule has 2 amide bonds. The van der Waals surface area contributed by atoms with Gasteiger partial charge in [0.05, 0.1) is 19.3 Å². The number of nitrogens with one attached hydrogen (secondary N) is 2. The van der Waals surface area contributed by atoms with Crippen molar-refractivity contribution in [1.82, 2.24) is 10.2 Å². The molecule has 0 bridgehead atoms. The lowest BCUT2D eigenvalue weighted by molar-refractivity contribution is -0.140. The van der Waals surface area contributed by atoms with Gasteiger partial charge in [-0.3, -0.25) is 9.59 Å². The lowest BCUT2D eigenvalue weighted by Crippen LogP contribution is -2.56. The second-order valence-corrected chi connectivity index (χ2v) is 5.76. The maximum atomic E-state index is 12.4. The van der Waals surface area contributed by atoms with Crippen LogP contribution < -0.4 is 10.6 Å². The number of nitrogens with zero attached hydrogens (tertiary/aromatic N) is 1. The smallest absolute Gasteiger partial charge is 0.243 e. The number of hydrogen-bond donors (Lipinski definition) is 2. The van der Waals surface area contributed by atoms with Crippen molar-refractivity contribution in [3.05, 3.63) is 29.8 Å². The van der Waals surface area contributed by atoms with Crippen LogP contribution >= 0.6 is 0 Å². The van der Waals surface area contributed by atoms with E-state index in [1.165, 1.54) is 4.90 Å². The number of carbonyl (C=O) groups is 2. The Morgan fingerprint density at radius 1 is 1.39 bits per heavy atom. The average molecular weight is 319 g/mol. The zero-order valence-corrected chi connectivity index (χ0v) is 14.0. The van der Waals surface area contributed by atoms with Crippen LogP contribution in [-0.2, 0) is 20.7 Å². The molecule has 1 fully saturated rings. The number of benzene rings is 1. The van der Waals surface area contributed by atoms with E-state index in [0.717, 1.165) is 17.7 Å². The zero-order chi connectivity index (χ0) is 16.8. The van der Waals surface area contributed by atoms with Gasteiger partial charge in [0.1, 0.15) is 6.04 Å². The van der Waals surface area contributed by atoms with Crippen LogP contribution in [0.25, 0.3) is 0 Å². The van der Waals surface area contributed by atoms with Crippen LogP contribution in [-0.4, -0.2) is 55.6 Å². The highest BCUT2D eigenvalue weighted by Gasteiger charge is 2.31. The second kappa shape index (κ2) is 8.08. The molecular formula is C17H25N3O3. The maximum absolute atomic E-state index is 12.4. The van der Waals surface area contributed by atoms with Gasteiger partial charge in [-0.15, -0.1) is 0 Å². The van der Waals surface area contributed by atoms with Crippen molar-refractivity contribution in [2.75, 3.05) is 32.1 Å². The summed E-state index contributed by atoms with van der Waals surface area (Å²) in [5.41, 5.74) is 1.87. The second-order valence-electron chi connectivity index (χ2n) is 5.76. The van der Waals surface area contributed by atoms with Crippen LogP contribution in [0.5, 0.6) is 0 Å². The van der Waals surface area contributed by atoms with E-state index in [1.54, 1.807) is 7.05 Å². The molecule has 1 heterocycles. The highest BCUT2D eigenvalue weighted by molar-refractivity contribution is 5.95. The van der Waals surface area contributed by atoms with Gasteiger partial charge in [-0.05, 0) is 25.0 Å². The fourth-order valence-electron chi connectivity index (χ4n) is 2.68.